The third kappa shape index (κ3) is 4.65. The molecule has 4 aliphatic rings. The summed E-state index contributed by atoms with van der Waals surface area (Å²) in [6.07, 6.45) is 9.35. The normalized spacial score (nSPS) is 41.3. The largest absolute Gasteiger partial charge is 0.394 e. The molecule has 0 aromatic carbocycles. The van der Waals surface area contributed by atoms with E-state index < -0.39 is 24.2 Å². The van der Waals surface area contributed by atoms with Crippen LogP contribution < -0.4 is 0 Å². The molecular weight excluding hydrogens is 370 g/mol. The van der Waals surface area contributed by atoms with Gasteiger partial charge in [0.05, 0.1) is 36.9 Å². The van der Waals surface area contributed by atoms with E-state index in [0.717, 1.165) is 12.8 Å². The van der Waals surface area contributed by atoms with Crippen LogP contribution in [0.5, 0.6) is 0 Å². The van der Waals surface area contributed by atoms with Crippen molar-refractivity contribution in [2.45, 2.75) is 95.0 Å². The van der Waals surface area contributed by atoms with Crippen molar-refractivity contribution in [3.05, 3.63) is 0 Å². The van der Waals surface area contributed by atoms with Gasteiger partial charge < -0.3 is 25.0 Å². The molecule has 0 bridgehead atoms. The van der Waals surface area contributed by atoms with Crippen LogP contribution >= 0.6 is 0 Å². The van der Waals surface area contributed by atoms with Gasteiger partial charge in [0, 0.05) is 26.0 Å². The lowest BCUT2D eigenvalue weighted by Gasteiger charge is -2.40. The molecule has 4 fully saturated rings. The fraction of sp³-hybridized carbons (Fsp3) is 0.957. The maximum atomic E-state index is 13.6. The molecule has 7 atom stereocenters. The highest BCUT2D eigenvalue weighted by Gasteiger charge is 2.50. The van der Waals surface area contributed by atoms with E-state index in [1.54, 1.807) is 0 Å². The summed E-state index contributed by atoms with van der Waals surface area (Å²) in [5.74, 6) is 0.668. The fourth-order valence-electron chi connectivity index (χ4n) is 6.56. The van der Waals surface area contributed by atoms with E-state index in [-0.39, 0.29) is 25.0 Å². The Bertz CT molecular complexity index is 551. The lowest BCUT2D eigenvalue weighted by molar-refractivity contribution is -0.161. The minimum absolute atomic E-state index is 0.00799. The van der Waals surface area contributed by atoms with Crippen LogP contribution in [-0.2, 0) is 9.53 Å². The van der Waals surface area contributed by atoms with Crippen molar-refractivity contribution in [2.24, 2.45) is 23.7 Å². The summed E-state index contributed by atoms with van der Waals surface area (Å²) in [5.41, 5.74) is 0. The summed E-state index contributed by atoms with van der Waals surface area (Å²) in [7, 11) is 0. The monoisotopic (exact) mass is 409 g/mol. The Kier molecular flexibility index (Phi) is 7.15. The molecule has 1 aliphatic heterocycles. The second kappa shape index (κ2) is 9.63. The number of carbonyl (C=O) groups is 1. The average Bonchev–Trinajstić information content (AvgIpc) is 3.11. The molecule has 6 nitrogen and oxygen atoms in total. The Morgan fingerprint density at radius 2 is 1.69 bits per heavy atom. The van der Waals surface area contributed by atoms with Gasteiger partial charge in [-0.25, -0.2) is 0 Å². The first kappa shape index (κ1) is 21.5. The number of amides is 1. The van der Waals surface area contributed by atoms with E-state index in [4.69, 9.17) is 4.74 Å². The molecule has 6 heteroatoms. The quantitative estimate of drug-likeness (QED) is 0.647. The zero-order valence-electron chi connectivity index (χ0n) is 17.6. The Hall–Kier alpha value is -0.690. The second-order valence-corrected chi connectivity index (χ2v) is 10.0. The zero-order chi connectivity index (χ0) is 20.4. The SMILES string of the molecule is O=C(C1C(O)CC(O)CC1OCC1CCCCC1)N1CC2CCCCC2C1CO. The first-order valence-corrected chi connectivity index (χ1v) is 12.0. The number of hydrogen-bond acceptors (Lipinski definition) is 5. The number of hydrogen-bond donors (Lipinski definition) is 3. The Balaban J connectivity index is 1.45. The maximum Gasteiger partial charge on any atom is 0.231 e. The molecular formula is C23H39NO5. The van der Waals surface area contributed by atoms with Crippen molar-refractivity contribution in [3.63, 3.8) is 0 Å². The minimum atomic E-state index is -0.885. The van der Waals surface area contributed by atoms with Crippen molar-refractivity contribution in [1.82, 2.24) is 4.90 Å². The first-order valence-electron chi connectivity index (χ1n) is 12.0. The number of nitrogens with zero attached hydrogens (tertiary/aromatic N) is 1. The molecule has 0 radical (unpaired) electrons. The molecule has 1 amide bonds. The maximum absolute atomic E-state index is 13.6. The smallest absolute Gasteiger partial charge is 0.231 e. The summed E-state index contributed by atoms with van der Waals surface area (Å²) in [6.45, 7) is 1.30. The van der Waals surface area contributed by atoms with E-state index in [1.165, 1.54) is 44.9 Å². The number of rotatable bonds is 5. The lowest BCUT2D eigenvalue weighted by atomic mass is 9.78. The van der Waals surface area contributed by atoms with Gasteiger partial charge in [0.25, 0.3) is 0 Å². The molecule has 166 valence electrons. The lowest BCUT2D eigenvalue weighted by Crippen LogP contribution is -2.54. The van der Waals surface area contributed by atoms with Crippen LogP contribution in [0.25, 0.3) is 0 Å². The van der Waals surface area contributed by atoms with E-state index in [9.17, 15) is 20.1 Å². The van der Waals surface area contributed by atoms with E-state index in [2.05, 4.69) is 0 Å². The third-order valence-corrected chi connectivity index (χ3v) is 8.15. The standard InChI is InChI=1S/C23H39NO5/c25-13-19-18-9-5-4-8-16(18)12-24(19)23(28)22-20(27)10-17(26)11-21(22)29-14-15-6-2-1-3-7-15/h15-22,25-27H,1-14H2. The molecule has 0 spiro atoms. The van der Waals surface area contributed by atoms with Gasteiger partial charge >= 0.3 is 0 Å². The summed E-state index contributed by atoms with van der Waals surface area (Å²) in [5, 5.41) is 31.0. The molecule has 29 heavy (non-hydrogen) atoms. The predicted octanol–water partition coefficient (Wildman–Crippen LogP) is 2.09. The van der Waals surface area contributed by atoms with Gasteiger partial charge in [-0.2, -0.15) is 0 Å². The Morgan fingerprint density at radius 1 is 0.966 bits per heavy atom. The first-order chi connectivity index (χ1) is 14.1. The summed E-state index contributed by atoms with van der Waals surface area (Å²) in [6, 6.07) is -0.133. The van der Waals surface area contributed by atoms with Crippen molar-refractivity contribution < 1.29 is 24.9 Å². The van der Waals surface area contributed by atoms with Crippen LogP contribution in [0.15, 0.2) is 0 Å². The molecule has 1 heterocycles. The number of carbonyl (C=O) groups excluding carboxylic acids is 1. The van der Waals surface area contributed by atoms with Crippen molar-refractivity contribution in [3.8, 4) is 0 Å². The molecule has 7 unspecified atom stereocenters. The van der Waals surface area contributed by atoms with Gasteiger partial charge in [-0.1, -0.05) is 32.1 Å². The number of aliphatic hydroxyl groups excluding tert-OH is 3. The minimum Gasteiger partial charge on any atom is -0.394 e. The van der Waals surface area contributed by atoms with Crippen LogP contribution in [0.3, 0.4) is 0 Å². The Labute approximate surface area is 174 Å². The van der Waals surface area contributed by atoms with Gasteiger partial charge in [-0.15, -0.1) is 0 Å². The molecule has 0 aromatic heterocycles. The van der Waals surface area contributed by atoms with Gasteiger partial charge in [-0.3, -0.25) is 4.79 Å². The average molecular weight is 410 g/mol. The Morgan fingerprint density at radius 3 is 2.45 bits per heavy atom. The van der Waals surface area contributed by atoms with E-state index in [1.807, 2.05) is 4.90 Å². The number of likely N-dealkylation sites (tertiary alicyclic amines) is 1. The van der Waals surface area contributed by atoms with E-state index in [0.29, 0.717) is 37.3 Å². The second-order valence-electron chi connectivity index (χ2n) is 10.0. The molecule has 1 saturated heterocycles. The number of aliphatic hydroxyl groups is 3. The number of fused-ring (bicyclic) bond motifs is 1. The van der Waals surface area contributed by atoms with Gasteiger partial charge in [0.15, 0.2) is 0 Å². The van der Waals surface area contributed by atoms with Crippen LogP contribution in [0.1, 0.15) is 70.6 Å². The van der Waals surface area contributed by atoms with Gasteiger partial charge in [-0.05, 0) is 43.4 Å². The summed E-state index contributed by atoms with van der Waals surface area (Å²) >= 11 is 0. The summed E-state index contributed by atoms with van der Waals surface area (Å²) < 4.78 is 6.21. The molecule has 3 N–H and O–H groups in total. The van der Waals surface area contributed by atoms with Gasteiger partial charge in [0.2, 0.25) is 5.91 Å². The van der Waals surface area contributed by atoms with Crippen molar-refractivity contribution in [1.29, 1.82) is 0 Å². The van der Waals surface area contributed by atoms with Crippen molar-refractivity contribution in [2.75, 3.05) is 19.8 Å². The topological polar surface area (TPSA) is 90.2 Å². The zero-order valence-corrected chi connectivity index (χ0v) is 17.6. The van der Waals surface area contributed by atoms with Gasteiger partial charge in [0.1, 0.15) is 0 Å². The molecule has 3 saturated carbocycles. The van der Waals surface area contributed by atoms with Crippen LogP contribution in [0, 0.1) is 23.7 Å². The highest BCUT2D eigenvalue weighted by atomic mass is 16.5. The molecule has 0 aromatic rings. The van der Waals surface area contributed by atoms with Crippen molar-refractivity contribution >= 4 is 5.91 Å². The molecule has 3 aliphatic carbocycles. The third-order valence-electron chi connectivity index (χ3n) is 8.15. The van der Waals surface area contributed by atoms with E-state index >= 15 is 0 Å². The summed E-state index contributed by atoms with van der Waals surface area (Å²) in [4.78, 5) is 15.4. The van der Waals surface area contributed by atoms with Crippen LogP contribution in [0.2, 0.25) is 0 Å². The molecule has 4 rings (SSSR count). The number of ether oxygens (including phenoxy) is 1. The fourth-order valence-corrected chi connectivity index (χ4v) is 6.56. The van der Waals surface area contributed by atoms with Crippen LogP contribution in [-0.4, -0.2) is 70.2 Å². The highest BCUT2D eigenvalue weighted by Crippen LogP contribution is 2.42. The highest BCUT2D eigenvalue weighted by molar-refractivity contribution is 5.81. The predicted molar refractivity (Wildman–Crippen MR) is 109 cm³/mol. The van der Waals surface area contributed by atoms with Crippen LogP contribution in [0.4, 0.5) is 0 Å².